The maximum Gasteiger partial charge on any atom is 0.267 e. The molecule has 3 rings (SSSR count). The number of ether oxygens (including phenoxy) is 1. The number of sulfonamides is 1. The Morgan fingerprint density at radius 3 is 2.78 bits per heavy atom. The van der Waals surface area contributed by atoms with Crippen molar-refractivity contribution in [2.45, 2.75) is 36.2 Å². The van der Waals surface area contributed by atoms with Crippen molar-refractivity contribution < 1.29 is 34.8 Å². The Morgan fingerprint density at radius 1 is 1.37 bits per heavy atom. The largest absolute Gasteiger partial charge is 0.372 e. The summed E-state index contributed by atoms with van der Waals surface area (Å²) in [4.78, 5) is 2.22. The topological polar surface area (TPSA) is 71.2 Å². The van der Waals surface area contributed by atoms with E-state index >= 15 is 0 Å². The number of aromatic nitrogens is 1. The number of fused-ring (bicyclic) bond motifs is 1. The second-order valence-electron chi connectivity index (χ2n) is 6.11. The number of rotatable bonds is 5. The maximum atomic E-state index is 14.0. The van der Waals surface area contributed by atoms with Gasteiger partial charge in [-0.25, -0.2) is 26.0 Å². The molecule has 1 heterocycles. The molecule has 1 unspecified atom stereocenters. The van der Waals surface area contributed by atoms with Crippen LogP contribution in [0, 0.1) is 11.6 Å². The zero-order chi connectivity index (χ0) is 22.5. The molecule has 0 radical (unpaired) electrons. The molecule has 0 saturated heterocycles. The summed E-state index contributed by atoms with van der Waals surface area (Å²) in [6, 6.07) is 1.41. The van der Waals surface area contributed by atoms with Crippen LogP contribution in [0.15, 0.2) is 27.7 Å². The van der Waals surface area contributed by atoms with Crippen LogP contribution < -0.4 is 4.72 Å². The number of hydrogen-bond donors (Lipinski definition) is 2. The van der Waals surface area contributed by atoms with E-state index in [1.807, 2.05) is 4.72 Å². The predicted molar refractivity (Wildman–Crippen MR) is 93.4 cm³/mol. The van der Waals surface area contributed by atoms with Gasteiger partial charge in [-0.3, -0.25) is 4.72 Å². The summed E-state index contributed by atoms with van der Waals surface area (Å²) in [5.74, 6) is -1.92. The van der Waals surface area contributed by atoms with E-state index < -0.39 is 59.3 Å². The Kier molecular flexibility index (Phi) is 4.30. The van der Waals surface area contributed by atoms with E-state index in [9.17, 15) is 26.0 Å². The fraction of sp³-hybridized carbons (Fsp3) is 0.375. The molecule has 1 aliphatic rings. The predicted octanol–water partition coefficient (Wildman–Crippen LogP) is 4.00. The van der Waals surface area contributed by atoms with Crippen LogP contribution in [0.2, 0.25) is 0 Å². The first-order chi connectivity index (χ1) is 13.7. The first-order valence-corrected chi connectivity index (χ1v) is 9.86. The molecule has 0 bridgehead atoms. The van der Waals surface area contributed by atoms with Crippen molar-refractivity contribution in [3.8, 4) is 0 Å². The minimum absolute atomic E-state index is 0.0635. The third kappa shape index (κ3) is 3.59. The Bertz CT molecular complexity index is 1080. The van der Waals surface area contributed by atoms with Crippen LogP contribution in [-0.4, -0.2) is 32.5 Å². The average Bonchev–Trinajstić information content (AvgIpc) is 3.01. The Labute approximate surface area is 165 Å². The molecule has 1 atom stereocenters. The highest BCUT2D eigenvalue weighted by Gasteiger charge is 2.45. The summed E-state index contributed by atoms with van der Waals surface area (Å²) in [5, 5.41) is 0. The highest BCUT2D eigenvalue weighted by atomic mass is 79.9. The fourth-order valence-corrected chi connectivity index (χ4v) is 4.62. The summed E-state index contributed by atoms with van der Waals surface area (Å²) < 4.78 is 108. The molecule has 27 heavy (non-hydrogen) atoms. The average molecular weight is 474 g/mol. The Balaban J connectivity index is 1.93. The number of benzene rings is 1. The molecule has 2 N–H and O–H groups in total. The van der Waals surface area contributed by atoms with Crippen molar-refractivity contribution >= 4 is 31.6 Å². The van der Waals surface area contributed by atoms with Gasteiger partial charge in [-0.15, -0.1) is 0 Å². The second-order valence-corrected chi connectivity index (χ2v) is 8.61. The Morgan fingerprint density at radius 2 is 2.11 bits per heavy atom. The first kappa shape index (κ1) is 16.4. The molecule has 0 aliphatic heterocycles. The van der Waals surface area contributed by atoms with Gasteiger partial charge in [0.25, 0.3) is 16.4 Å². The molecule has 0 spiro atoms. The van der Waals surface area contributed by atoms with Gasteiger partial charge < -0.3 is 9.72 Å². The third-order valence-corrected chi connectivity index (χ3v) is 6.50. The van der Waals surface area contributed by atoms with Gasteiger partial charge in [0.2, 0.25) is 0 Å². The molecule has 11 heteroatoms. The summed E-state index contributed by atoms with van der Waals surface area (Å²) in [5.41, 5.74) is -2.73. The summed E-state index contributed by atoms with van der Waals surface area (Å²) in [7, 11) is -7.47. The highest BCUT2D eigenvalue weighted by Crippen LogP contribution is 2.38. The quantitative estimate of drug-likeness (QED) is 0.509. The number of hydrogen-bond acceptors (Lipinski definition) is 3. The molecule has 1 aromatic carbocycles. The number of H-pyrrole nitrogens is 1. The highest BCUT2D eigenvalue weighted by molar-refractivity contribution is 9.10. The van der Waals surface area contributed by atoms with Crippen LogP contribution in [0.25, 0.3) is 0 Å². The summed E-state index contributed by atoms with van der Waals surface area (Å²) in [6.45, 7) is 0. The van der Waals surface area contributed by atoms with Gasteiger partial charge in [0.05, 0.1) is 14.3 Å². The van der Waals surface area contributed by atoms with Crippen LogP contribution in [0.4, 0.5) is 23.2 Å². The third-order valence-electron chi connectivity index (χ3n) is 4.46. The standard InChI is InChI=1S/C16H15BrF4N2O3S/c1-26-16(15(20)21)3-2-8-13(6-16)22-7-14(8)27(24,25)23-12-5-10(18)9(17)4-11(12)19/h4-5,7,15,22-23H,2-3,6H2,1H3/i1D3. The molecule has 1 aliphatic carbocycles. The molecule has 0 amide bonds. The van der Waals surface area contributed by atoms with Crippen molar-refractivity contribution in [3.05, 3.63) is 45.7 Å². The van der Waals surface area contributed by atoms with Gasteiger partial charge in [-0.05, 0) is 40.4 Å². The van der Waals surface area contributed by atoms with E-state index in [0.717, 1.165) is 12.3 Å². The van der Waals surface area contributed by atoms with Gasteiger partial charge in [-0.2, -0.15) is 0 Å². The Hall–Kier alpha value is -1.59. The van der Waals surface area contributed by atoms with Gasteiger partial charge in [-0.1, -0.05) is 0 Å². The number of alkyl halides is 2. The molecular formula is C16H15BrF4N2O3S. The smallest absolute Gasteiger partial charge is 0.267 e. The van der Waals surface area contributed by atoms with Crippen LogP contribution in [-0.2, 0) is 27.6 Å². The van der Waals surface area contributed by atoms with E-state index in [0.29, 0.717) is 6.07 Å². The lowest BCUT2D eigenvalue weighted by Crippen LogP contribution is -2.44. The van der Waals surface area contributed by atoms with Gasteiger partial charge in [0.15, 0.2) is 0 Å². The van der Waals surface area contributed by atoms with E-state index in [1.165, 1.54) is 0 Å². The van der Waals surface area contributed by atoms with Crippen LogP contribution in [0.1, 0.15) is 21.8 Å². The SMILES string of the molecule is [2H]C([2H])([2H])OC1(C(F)F)CCc2c(S(=O)(=O)Nc3cc(F)c(Br)cc3F)c[nH]c2C1. The zero-order valence-corrected chi connectivity index (χ0v) is 15.9. The van der Waals surface area contributed by atoms with Crippen LogP contribution in [0.5, 0.6) is 0 Å². The lowest BCUT2D eigenvalue weighted by atomic mass is 9.84. The van der Waals surface area contributed by atoms with Crippen LogP contribution in [0.3, 0.4) is 0 Å². The molecule has 5 nitrogen and oxygen atoms in total. The van der Waals surface area contributed by atoms with Gasteiger partial charge >= 0.3 is 0 Å². The summed E-state index contributed by atoms with van der Waals surface area (Å²) in [6.07, 6.45) is -3.34. The maximum absolute atomic E-state index is 14.0. The normalized spacial score (nSPS) is 22.1. The number of methoxy groups -OCH3 is 1. The molecule has 0 saturated carbocycles. The number of aromatic amines is 1. The molecular weight excluding hydrogens is 456 g/mol. The fourth-order valence-electron chi connectivity index (χ4n) is 2.99. The van der Waals surface area contributed by atoms with Crippen molar-refractivity contribution in [3.63, 3.8) is 0 Å². The molecule has 0 fully saturated rings. The lowest BCUT2D eigenvalue weighted by Gasteiger charge is -2.35. The number of nitrogens with one attached hydrogen (secondary N) is 2. The zero-order valence-electron chi connectivity index (χ0n) is 16.5. The van der Waals surface area contributed by atoms with Crippen molar-refractivity contribution in [1.29, 1.82) is 0 Å². The van der Waals surface area contributed by atoms with Crippen LogP contribution >= 0.6 is 15.9 Å². The van der Waals surface area contributed by atoms with Crippen molar-refractivity contribution in [2.24, 2.45) is 0 Å². The van der Waals surface area contributed by atoms with E-state index in [-0.39, 0.29) is 27.0 Å². The van der Waals surface area contributed by atoms with Crippen molar-refractivity contribution in [1.82, 2.24) is 4.98 Å². The van der Waals surface area contributed by atoms with E-state index in [4.69, 9.17) is 4.11 Å². The van der Waals surface area contributed by atoms with Crippen molar-refractivity contribution in [2.75, 3.05) is 11.8 Å². The minimum Gasteiger partial charge on any atom is -0.372 e. The summed E-state index contributed by atoms with van der Waals surface area (Å²) >= 11 is 2.78. The monoisotopic (exact) mass is 473 g/mol. The van der Waals surface area contributed by atoms with E-state index in [1.54, 1.807) is 0 Å². The number of anilines is 1. The molecule has 148 valence electrons. The van der Waals surface area contributed by atoms with E-state index in [2.05, 4.69) is 25.7 Å². The molecule has 2 aromatic rings. The van der Waals surface area contributed by atoms with Gasteiger partial charge in [0.1, 0.15) is 22.1 Å². The minimum atomic E-state index is -4.40. The molecule has 1 aromatic heterocycles. The lowest BCUT2D eigenvalue weighted by molar-refractivity contribution is -0.128. The number of halogens is 5. The second kappa shape index (κ2) is 7.10. The van der Waals surface area contributed by atoms with Gasteiger partial charge in [0, 0.05) is 31.4 Å². The first-order valence-electron chi connectivity index (χ1n) is 9.09.